The van der Waals surface area contributed by atoms with E-state index in [9.17, 15) is 9.59 Å². The fourth-order valence-electron chi connectivity index (χ4n) is 4.36. The molecule has 0 spiro atoms. The van der Waals surface area contributed by atoms with Gasteiger partial charge in [0.1, 0.15) is 5.69 Å². The lowest BCUT2D eigenvalue weighted by Crippen LogP contribution is -2.38. The van der Waals surface area contributed by atoms with Crippen molar-refractivity contribution in [1.29, 1.82) is 0 Å². The number of fused-ring (bicyclic) bond motifs is 2. The van der Waals surface area contributed by atoms with Crippen LogP contribution in [0, 0.1) is 0 Å². The zero-order chi connectivity index (χ0) is 20.7. The number of nitrogens with zero attached hydrogens (tertiary/aromatic N) is 3. The van der Waals surface area contributed by atoms with E-state index in [0.717, 1.165) is 41.6 Å². The number of rotatable bonds is 4. The lowest BCUT2D eigenvalue weighted by Gasteiger charge is -2.27. The number of hydrogen-bond donors (Lipinski definition) is 2. The van der Waals surface area contributed by atoms with E-state index in [0.29, 0.717) is 37.4 Å². The number of benzene rings is 1. The van der Waals surface area contributed by atoms with Crippen molar-refractivity contribution in [3.63, 3.8) is 0 Å². The first kappa shape index (κ1) is 18.9. The van der Waals surface area contributed by atoms with Crippen LogP contribution in [0.5, 0.6) is 0 Å². The van der Waals surface area contributed by atoms with E-state index in [-0.39, 0.29) is 17.9 Å². The fourth-order valence-corrected chi connectivity index (χ4v) is 4.36. The number of amides is 2. The van der Waals surface area contributed by atoms with Gasteiger partial charge in [-0.05, 0) is 25.0 Å². The highest BCUT2D eigenvalue weighted by Gasteiger charge is 2.31. The van der Waals surface area contributed by atoms with Crippen LogP contribution in [0.4, 0.5) is 0 Å². The molecule has 8 heteroatoms. The van der Waals surface area contributed by atoms with Crippen LogP contribution in [0.15, 0.2) is 30.3 Å². The van der Waals surface area contributed by atoms with Gasteiger partial charge < -0.3 is 19.5 Å². The zero-order valence-electron chi connectivity index (χ0n) is 17.0. The molecule has 1 saturated heterocycles. The Labute approximate surface area is 174 Å². The topological polar surface area (TPSA) is 94.3 Å². The van der Waals surface area contributed by atoms with Crippen LogP contribution in [0.3, 0.4) is 0 Å². The lowest BCUT2D eigenvalue weighted by molar-refractivity contribution is 0.0578. The summed E-state index contributed by atoms with van der Waals surface area (Å²) in [5, 5.41) is 8.30. The summed E-state index contributed by atoms with van der Waals surface area (Å²) in [6.07, 6.45) is 2.75. The smallest absolute Gasteiger partial charge is 0.274 e. The van der Waals surface area contributed by atoms with Crippen molar-refractivity contribution in [2.75, 3.05) is 26.7 Å². The van der Waals surface area contributed by atoms with Crippen molar-refractivity contribution in [3.05, 3.63) is 53.0 Å². The molecule has 0 aliphatic carbocycles. The van der Waals surface area contributed by atoms with Crippen molar-refractivity contribution in [1.82, 2.24) is 25.0 Å². The van der Waals surface area contributed by atoms with Gasteiger partial charge in [-0.15, -0.1) is 0 Å². The molecule has 30 heavy (non-hydrogen) atoms. The summed E-state index contributed by atoms with van der Waals surface area (Å²) in [6.45, 7) is 2.27. The molecule has 0 radical (unpaired) electrons. The molecule has 2 aliphatic heterocycles. The van der Waals surface area contributed by atoms with E-state index in [1.807, 2.05) is 30.3 Å². The first-order chi connectivity index (χ1) is 14.6. The molecule has 1 atom stereocenters. The third-order valence-corrected chi connectivity index (χ3v) is 6.03. The standard InChI is InChI=1S/C22H25N5O3/c1-26(12-15-6-4-10-30-15)22(29)20-16-13-27(9-8-18(16)24-25-20)21(28)19-11-14-5-2-3-7-17(14)23-19/h2-3,5,7,11,15,23H,4,6,8-10,12-13H2,1H3,(H,24,25). The van der Waals surface area contributed by atoms with E-state index < -0.39 is 0 Å². The molecule has 156 valence electrons. The Morgan fingerprint density at radius 2 is 2.20 bits per heavy atom. The van der Waals surface area contributed by atoms with Crippen molar-refractivity contribution >= 4 is 22.7 Å². The molecule has 1 unspecified atom stereocenters. The van der Waals surface area contributed by atoms with Gasteiger partial charge in [-0.2, -0.15) is 5.10 Å². The maximum atomic E-state index is 13.1. The molecule has 1 fully saturated rings. The molecule has 2 aromatic heterocycles. The Balaban J connectivity index is 1.34. The fraction of sp³-hybridized carbons (Fsp3) is 0.409. The van der Waals surface area contributed by atoms with Gasteiger partial charge in [0.25, 0.3) is 11.8 Å². The van der Waals surface area contributed by atoms with Gasteiger partial charge in [-0.25, -0.2) is 0 Å². The summed E-state index contributed by atoms with van der Waals surface area (Å²) in [5.74, 6) is -0.202. The first-order valence-electron chi connectivity index (χ1n) is 10.4. The van der Waals surface area contributed by atoms with Gasteiger partial charge in [0.05, 0.1) is 12.6 Å². The highest BCUT2D eigenvalue weighted by atomic mass is 16.5. The number of likely N-dealkylation sites (N-methyl/N-ethyl adjacent to an activating group) is 1. The summed E-state index contributed by atoms with van der Waals surface area (Å²) >= 11 is 0. The van der Waals surface area contributed by atoms with Crippen molar-refractivity contribution in [2.24, 2.45) is 0 Å². The summed E-state index contributed by atoms with van der Waals surface area (Å²) in [6, 6.07) is 9.71. The van der Waals surface area contributed by atoms with E-state index in [4.69, 9.17) is 4.74 Å². The van der Waals surface area contributed by atoms with Crippen LogP contribution < -0.4 is 0 Å². The van der Waals surface area contributed by atoms with Gasteiger partial charge in [0.2, 0.25) is 0 Å². The average Bonchev–Trinajstić information content (AvgIpc) is 3.51. The van der Waals surface area contributed by atoms with Crippen LogP contribution in [0.2, 0.25) is 0 Å². The minimum atomic E-state index is -0.136. The van der Waals surface area contributed by atoms with Crippen LogP contribution >= 0.6 is 0 Å². The predicted octanol–water partition coefficient (Wildman–Crippen LogP) is 2.34. The van der Waals surface area contributed by atoms with Gasteiger partial charge in [0.15, 0.2) is 5.69 Å². The second-order valence-electron chi connectivity index (χ2n) is 8.10. The Kier molecular flexibility index (Phi) is 4.78. The van der Waals surface area contributed by atoms with Crippen LogP contribution in [-0.2, 0) is 17.7 Å². The minimum absolute atomic E-state index is 0.0656. The third-order valence-electron chi connectivity index (χ3n) is 6.03. The maximum Gasteiger partial charge on any atom is 0.274 e. The SMILES string of the molecule is CN(CC1CCCO1)C(=O)c1n[nH]c2c1CN(C(=O)c1cc3ccccc3[nH]1)CC2. The van der Waals surface area contributed by atoms with Crippen molar-refractivity contribution < 1.29 is 14.3 Å². The third kappa shape index (κ3) is 3.37. The first-order valence-corrected chi connectivity index (χ1v) is 10.4. The molecule has 3 aromatic rings. The highest BCUT2D eigenvalue weighted by Crippen LogP contribution is 2.24. The molecule has 2 N–H and O–H groups in total. The molecule has 2 aliphatic rings. The Bertz CT molecular complexity index is 1060. The summed E-state index contributed by atoms with van der Waals surface area (Å²) in [5.41, 5.74) is 3.65. The van der Waals surface area contributed by atoms with E-state index >= 15 is 0 Å². The number of carbonyl (C=O) groups excluding carboxylic acids is 2. The van der Waals surface area contributed by atoms with Crippen molar-refractivity contribution in [2.45, 2.75) is 31.9 Å². The zero-order valence-corrected chi connectivity index (χ0v) is 17.0. The number of aromatic nitrogens is 3. The highest BCUT2D eigenvalue weighted by molar-refractivity contribution is 5.98. The normalized spacial score (nSPS) is 18.6. The molecular weight excluding hydrogens is 382 g/mol. The van der Waals surface area contributed by atoms with Gasteiger partial charge >= 0.3 is 0 Å². The second kappa shape index (κ2) is 7.60. The lowest BCUT2D eigenvalue weighted by atomic mass is 10.0. The quantitative estimate of drug-likeness (QED) is 0.694. The van der Waals surface area contributed by atoms with Crippen LogP contribution in [0.25, 0.3) is 10.9 Å². The molecule has 0 bridgehead atoms. The number of aromatic amines is 2. The summed E-state index contributed by atoms with van der Waals surface area (Å²) < 4.78 is 5.65. The number of H-pyrrole nitrogens is 2. The number of carbonyl (C=O) groups is 2. The largest absolute Gasteiger partial charge is 0.376 e. The molecule has 4 heterocycles. The number of para-hydroxylation sites is 1. The molecule has 2 amide bonds. The summed E-state index contributed by atoms with van der Waals surface area (Å²) in [7, 11) is 1.78. The van der Waals surface area contributed by atoms with Gasteiger partial charge in [0, 0.05) is 55.3 Å². The van der Waals surface area contributed by atoms with Crippen LogP contribution in [0.1, 0.15) is 45.1 Å². The Hall–Kier alpha value is -3.13. The van der Waals surface area contributed by atoms with E-state index in [1.54, 1.807) is 16.8 Å². The predicted molar refractivity (Wildman–Crippen MR) is 111 cm³/mol. The Morgan fingerprint density at radius 3 is 3.00 bits per heavy atom. The molecule has 0 saturated carbocycles. The number of nitrogens with one attached hydrogen (secondary N) is 2. The molecular formula is C22H25N5O3. The molecule has 1 aromatic carbocycles. The minimum Gasteiger partial charge on any atom is -0.376 e. The Morgan fingerprint density at radius 1 is 1.33 bits per heavy atom. The molecule has 8 nitrogen and oxygen atoms in total. The second-order valence-corrected chi connectivity index (χ2v) is 8.10. The summed E-state index contributed by atoms with van der Waals surface area (Å²) in [4.78, 5) is 32.8. The van der Waals surface area contributed by atoms with Gasteiger partial charge in [-0.1, -0.05) is 18.2 Å². The monoisotopic (exact) mass is 407 g/mol. The number of ether oxygens (including phenoxy) is 1. The van der Waals surface area contributed by atoms with Crippen LogP contribution in [-0.4, -0.2) is 69.6 Å². The van der Waals surface area contributed by atoms with Crippen molar-refractivity contribution in [3.8, 4) is 0 Å². The molecule has 5 rings (SSSR count). The average molecular weight is 407 g/mol. The maximum absolute atomic E-state index is 13.1. The van der Waals surface area contributed by atoms with E-state index in [2.05, 4.69) is 15.2 Å². The van der Waals surface area contributed by atoms with E-state index in [1.165, 1.54) is 0 Å². The van der Waals surface area contributed by atoms with Gasteiger partial charge in [-0.3, -0.25) is 14.7 Å². The number of hydrogen-bond acceptors (Lipinski definition) is 4.